The van der Waals surface area contributed by atoms with E-state index in [1.54, 1.807) is 6.20 Å². The maximum atomic E-state index is 12.7. The van der Waals surface area contributed by atoms with Gasteiger partial charge in [0.2, 0.25) is 0 Å². The van der Waals surface area contributed by atoms with Gasteiger partial charge in [-0.25, -0.2) is 4.39 Å². The van der Waals surface area contributed by atoms with E-state index in [1.165, 1.54) is 24.3 Å². The number of rotatable bonds is 2. The van der Waals surface area contributed by atoms with Gasteiger partial charge in [-0.15, -0.1) is 11.3 Å². The van der Waals surface area contributed by atoms with Crippen molar-refractivity contribution in [3.05, 3.63) is 46.5 Å². The second kappa shape index (κ2) is 4.36. The molecule has 0 bridgehead atoms. The zero-order chi connectivity index (χ0) is 10.7. The Balaban J connectivity index is 2.32. The molecular formula is C12H10FNS. The van der Waals surface area contributed by atoms with Gasteiger partial charge in [-0.05, 0) is 31.2 Å². The largest absolute Gasteiger partial charge is 0.256 e. The summed E-state index contributed by atoms with van der Waals surface area (Å²) in [5.41, 5.74) is 1.96. The van der Waals surface area contributed by atoms with Crippen LogP contribution in [0.25, 0.3) is 17.3 Å². The molecule has 0 spiro atoms. The average Bonchev–Trinajstić information content (AvgIpc) is 2.67. The van der Waals surface area contributed by atoms with Crippen molar-refractivity contribution in [3.63, 3.8) is 0 Å². The van der Waals surface area contributed by atoms with Gasteiger partial charge in [-0.1, -0.05) is 6.07 Å². The molecule has 2 aromatic heterocycles. The van der Waals surface area contributed by atoms with Crippen LogP contribution in [0.1, 0.15) is 11.8 Å². The van der Waals surface area contributed by atoms with Gasteiger partial charge in [-0.3, -0.25) is 4.98 Å². The van der Waals surface area contributed by atoms with Crippen molar-refractivity contribution >= 4 is 17.4 Å². The zero-order valence-corrected chi connectivity index (χ0v) is 9.09. The molecule has 0 unspecified atom stereocenters. The summed E-state index contributed by atoms with van der Waals surface area (Å²) >= 11 is 1.52. The number of pyridine rings is 1. The maximum absolute atomic E-state index is 12.7. The molecule has 2 aromatic rings. The highest BCUT2D eigenvalue weighted by Gasteiger charge is 2.01. The summed E-state index contributed by atoms with van der Waals surface area (Å²) in [7, 11) is 0. The molecule has 0 aliphatic rings. The zero-order valence-electron chi connectivity index (χ0n) is 8.27. The van der Waals surface area contributed by atoms with E-state index in [9.17, 15) is 4.39 Å². The molecule has 0 saturated carbocycles. The molecule has 0 radical (unpaired) electrons. The number of allylic oxidation sites excluding steroid dienone is 1. The van der Waals surface area contributed by atoms with Crippen molar-refractivity contribution in [2.24, 2.45) is 0 Å². The number of nitrogens with zero attached hydrogens (tertiary/aromatic N) is 1. The highest BCUT2D eigenvalue weighted by molar-refractivity contribution is 7.11. The van der Waals surface area contributed by atoms with Gasteiger partial charge in [0.05, 0.1) is 11.5 Å². The van der Waals surface area contributed by atoms with Crippen LogP contribution in [-0.2, 0) is 0 Å². The van der Waals surface area contributed by atoms with Crippen LogP contribution in [0.15, 0.2) is 41.7 Å². The van der Waals surface area contributed by atoms with E-state index in [4.69, 9.17) is 0 Å². The van der Waals surface area contributed by atoms with Gasteiger partial charge in [0.15, 0.2) is 0 Å². The number of aromatic nitrogens is 1. The third-order valence-electron chi connectivity index (χ3n) is 1.92. The highest BCUT2D eigenvalue weighted by atomic mass is 32.1. The molecule has 0 amide bonds. The quantitative estimate of drug-likeness (QED) is 0.739. The summed E-state index contributed by atoms with van der Waals surface area (Å²) in [5.74, 6) is -0.176. The molecule has 0 saturated heterocycles. The van der Waals surface area contributed by atoms with Crippen molar-refractivity contribution < 1.29 is 4.39 Å². The van der Waals surface area contributed by atoms with Crippen molar-refractivity contribution in [3.8, 4) is 11.3 Å². The molecule has 0 aliphatic heterocycles. The first-order chi connectivity index (χ1) is 7.25. The van der Waals surface area contributed by atoms with Gasteiger partial charge in [0.25, 0.3) is 0 Å². The van der Waals surface area contributed by atoms with E-state index in [1.807, 2.05) is 29.6 Å². The summed E-state index contributed by atoms with van der Waals surface area (Å²) in [6.07, 6.45) is 3.28. The van der Waals surface area contributed by atoms with E-state index in [0.29, 0.717) is 0 Å². The van der Waals surface area contributed by atoms with Crippen LogP contribution in [0.4, 0.5) is 4.39 Å². The van der Waals surface area contributed by atoms with Crippen molar-refractivity contribution in [2.75, 3.05) is 0 Å². The molecule has 0 fully saturated rings. The monoisotopic (exact) mass is 219 g/mol. The fraction of sp³-hybridized carbons (Fsp3) is 0.0833. The number of hydrogen-bond donors (Lipinski definition) is 0. The van der Waals surface area contributed by atoms with Crippen LogP contribution in [0, 0.1) is 0 Å². The predicted molar refractivity (Wildman–Crippen MR) is 62.3 cm³/mol. The first-order valence-electron chi connectivity index (χ1n) is 4.59. The van der Waals surface area contributed by atoms with E-state index < -0.39 is 0 Å². The minimum absolute atomic E-state index is 0.176. The van der Waals surface area contributed by atoms with E-state index in [2.05, 4.69) is 4.98 Å². The lowest BCUT2D eigenvalue weighted by Gasteiger charge is -1.93. The fourth-order valence-electron chi connectivity index (χ4n) is 1.29. The molecule has 2 rings (SSSR count). The molecule has 3 heteroatoms. The molecule has 1 nitrogen and oxygen atoms in total. The Bertz CT molecular complexity index is 469. The van der Waals surface area contributed by atoms with Crippen LogP contribution in [-0.4, -0.2) is 4.98 Å². The molecular weight excluding hydrogens is 209 g/mol. The topological polar surface area (TPSA) is 12.9 Å². The van der Waals surface area contributed by atoms with Crippen LogP contribution in [0.2, 0.25) is 0 Å². The lowest BCUT2D eigenvalue weighted by Crippen LogP contribution is -1.77. The minimum Gasteiger partial charge on any atom is -0.256 e. The third kappa shape index (κ3) is 2.50. The Morgan fingerprint density at radius 3 is 3.00 bits per heavy atom. The molecule has 0 aromatic carbocycles. The summed E-state index contributed by atoms with van der Waals surface area (Å²) in [5, 5.41) is 1.98. The number of halogens is 1. The van der Waals surface area contributed by atoms with Gasteiger partial charge in [0.1, 0.15) is 0 Å². The Morgan fingerprint density at radius 1 is 1.47 bits per heavy atom. The molecule has 15 heavy (non-hydrogen) atoms. The number of thiophene rings is 1. The third-order valence-corrected chi connectivity index (χ3v) is 2.80. The van der Waals surface area contributed by atoms with E-state index in [-0.39, 0.29) is 5.83 Å². The van der Waals surface area contributed by atoms with Crippen LogP contribution < -0.4 is 0 Å². The second-order valence-corrected chi connectivity index (χ2v) is 4.13. The normalized spacial score (nSPS) is 11.7. The lowest BCUT2D eigenvalue weighted by molar-refractivity contribution is 0.648. The highest BCUT2D eigenvalue weighted by Crippen LogP contribution is 2.25. The standard InChI is InChI=1S/C12H10FNS/c1-9(13)6-11-7-10(8-15-11)12-4-2-3-5-14-12/h2-8H,1H3/b9-6-. The molecule has 0 N–H and O–H groups in total. The number of hydrogen-bond acceptors (Lipinski definition) is 2. The lowest BCUT2D eigenvalue weighted by atomic mass is 10.2. The Hall–Kier alpha value is -1.48. The molecule has 0 atom stereocenters. The Morgan fingerprint density at radius 2 is 2.33 bits per heavy atom. The average molecular weight is 219 g/mol. The van der Waals surface area contributed by atoms with Gasteiger partial charge < -0.3 is 0 Å². The van der Waals surface area contributed by atoms with E-state index >= 15 is 0 Å². The summed E-state index contributed by atoms with van der Waals surface area (Å²) < 4.78 is 12.7. The van der Waals surface area contributed by atoms with Crippen molar-refractivity contribution in [2.45, 2.75) is 6.92 Å². The Labute approximate surface area is 91.9 Å². The molecule has 0 aliphatic carbocycles. The van der Waals surface area contributed by atoms with Gasteiger partial charge >= 0.3 is 0 Å². The summed E-state index contributed by atoms with van der Waals surface area (Å²) in [4.78, 5) is 5.15. The predicted octanol–water partition coefficient (Wildman–Crippen LogP) is 4.14. The van der Waals surface area contributed by atoms with Crippen molar-refractivity contribution in [1.82, 2.24) is 4.98 Å². The minimum atomic E-state index is -0.176. The molecule has 76 valence electrons. The van der Waals surface area contributed by atoms with Gasteiger partial charge in [-0.2, -0.15) is 0 Å². The Kier molecular flexibility index (Phi) is 2.92. The fourth-order valence-corrected chi connectivity index (χ4v) is 2.17. The van der Waals surface area contributed by atoms with Crippen LogP contribution in [0.5, 0.6) is 0 Å². The van der Waals surface area contributed by atoms with Crippen LogP contribution in [0.3, 0.4) is 0 Å². The second-order valence-electron chi connectivity index (χ2n) is 3.18. The first kappa shape index (κ1) is 10.1. The summed E-state index contributed by atoms with van der Waals surface area (Å²) in [6, 6.07) is 7.70. The maximum Gasteiger partial charge on any atom is 0.0982 e. The van der Waals surface area contributed by atoms with Crippen LogP contribution >= 0.6 is 11.3 Å². The first-order valence-corrected chi connectivity index (χ1v) is 5.47. The van der Waals surface area contributed by atoms with Gasteiger partial charge in [0, 0.05) is 22.0 Å². The SMILES string of the molecule is C/C(F)=C/c1cc(-c2ccccn2)cs1. The summed E-state index contributed by atoms with van der Waals surface area (Å²) in [6.45, 7) is 1.44. The smallest absolute Gasteiger partial charge is 0.0982 e. The molecule has 2 heterocycles. The van der Waals surface area contributed by atoms with Crippen molar-refractivity contribution in [1.29, 1.82) is 0 Å². The van der Waals surface area contributed by atoms with E-state index in [0.717, 1.165) is 16.1 Å².